The fourth-order valence-electron chi connectivity index (χ4n) is 8.14. The lowest BCUT2D eigenvalue weighted by atomic mass is 9.89. The van der Waals surface area contributed by atoms with Gasteiger partial charge in [0.15, 0.2) is 17.5 Å². The minimum atomic E-state index is 0.600. The van der Waals surface area contributed by atoms with Crippen molar-refractivity contribution in [1.82, 2.24) is 19.9 Å². The van der Waals surface area contributed by atoms with Gasteiger partial charge in [0.1, 0.15) is 0 Å². The molecule has 0 aliphatic heterocycles. The Morgan fingerprint density at radius 1 is 0.300 bits per heavy atom. The minimum Gasteiger partial charge on any atom is -0.247 e. The second kappa shape index (κ2) is 15.7. The van der Waals surface area contributed by atoms with Gasteiger partial charge in [-0.15, -0.1) is 0 Å². The first-order valence-electron chi connectivity index (χ1n) is 20.0. The van der Waals surface area contributed by atoms with E-state index in [4.69, 9.17) is 19.9 Å². The van der Waals surface area contributed by atoms with Gasteiger partial charge in [0, 0.05) is 33.2 Å². The van der Waals surface area contributed by atoms with Crippen molar-refractivity contribution in [3.63, 3.8) is 0 Å². The lowest BCUT2D eigenvalue weighted by Crippen LogP contribution is -2.00. The van der Waals surface area contributed by atoms with Gasteiger partial charge < -0.3 is 0 Å². The van der Waals surface area contributed by atoms with E-state index in [-0.39, 0.29) is 0 Å². The van der Waals surface area contributed by atoms with Crippen molar-refractivity contribution in [1.29, 1.82) is 0 Å². The van der Waals surface area contributed by atoms with Crippen LogP contribution in [0.2, 0.25) is 0 Å². The molecule has 0 N–H and O–H groups in total. The van der Waals surface area contributed by atoms with E-state index in [0.717, 1.165) is 88.6 Å². The molecule has 2 aromatic heterocycles. The molecule has 0 saturated heterocycles. The molecule has 10 aromatic rings. The molecule has 0 radical (unpaired) electrons. The molecule has 0 amide bonds. The molecule has 2 heterocycles. The molecule has 0 aliphatic rings. The average molecular weight is 767 g/mol. The maximum absolute atomic E-state index is 5.20. The third-order valence-electron chi connectivity index (χ3n) is 11.1. The highest BCUT2D eigenvalue weighted by Crippen LogP contribution is 2.41. The molecule has 4 heteroatoms. The number of pyridine rings is 1. The van der Waals surface area contributed by atoms with Gasteiger partial charge in [0.2, 0.25) is 0 Å². The topological polar surface area (TPSA) is 51.6 Å². The van der Waals surface area contributed by atoms with Crippen molar-refractivity contribution < 1.29 is 0 Å². The molecule has 0 saturated carbocycles. The lowest BCUT2D eigenvalue weighted by Gasteiger charge is -2.17. The first-order chi connectivity index (χ1) is 29.6. The standard InChI is InChI=1S/C56H38N4/c1-3-45-47-24-16-17-27-50(47)53(57-52(45)4-2)51-33-32-46(48-25-14-15-26-49(48)51)43-34-42(39-30-28-38(29-31-39)37-18-8-5-9-19-37)35-44(36-43)56-59-54(40-20-10-6-11-21-40)58-55(60-56)41-22-12-7-13-23-41/h3-36H,1-2H2. The van der Waals surface area contributed by atoms with Crippen LogP contribution in [0.15, 0.2) is 207 Å². The molecule has 0 bridgehead atoms. The summed E-state index contributed by atoms with van der Waals surface area (Å²) in [6, 6.07) is 67.6. The van der Waals surface area contributed by atoms with Crippen molar-refractivity contribution in [3.8, 4) is 78.8 Å². The highest BCUT2D eigenvalue weighted by atomic mass is 15.0. The molecule has 10 rings (SSSR count). The zero-order valence-corrected chi connectivity index (χ0v) is 32.8. The van der Waals surface area contributed by atoms with Crippen LogP contribution in [0, 0.1) is 0 Å². The molecular weight excluding hydrogens is 729 g/mol. The normalized spacial score (nSPS) is 11.1. The minimum absolute atomic E-state index is 0.600. The number of hydrogen-bond donors (Lipinski definition) is 0. The SMILES string of the molecule is C=Cc1nc(-c2ccc(-c3cc(-c4ccc(-c5ccccc5)cc4)cc(-c4nc(-c5ccccc5)nc(-c5ccccc5)n4)c3)c3ccccc23)c2ccccc2c1C=C. The van der Waals surface area contributed by atoms with Crippen LogP contribution in [0.25, 0.3) is 112 Å². The summed E-state index contributed by atoms with van der Waals surface area (Å²) in [4.78, 5) is 20.5. The Balaban J connectivity index is 1.20. The quantitative estimate of drug-likeness (QED) is 0.147. The van der Waals surface area contributed by atoms with E-state index >= 15 is 0 Å². The molecule has 0 unspecified atom stereocenters. The summed E-state index contributed by atoms with van der Waals surface area (Å²) < 4.78 is 0. The number of rotatable bonds is 9. The molecule has 0 atom stereocenters. The summed E-state index contributed by atoms with van der Waals surface area (Å²) in [5, 5.41) is 4.38. The van der Waals surface area contributed by atoms with E-state index in [0.29, 0.717) is 17.5 Å². The zero-order valence-electron chi connectivity index (χ0n) is 32.8. The Labute approximate surface area is 349 Å². The molecule has 60 heavy (non-hydrogen) atoms. The van der Waals surface area contributed by atoms with Crippen LogP contribution in [0.5, 0.6) is 0 Å². The van der Waals surface area contributed by atoms with Crippen molar-refractivity contribution in [2.75, 3.05) is 0 Å². The lowest BCUT2D eigenvalue weighted by molar-refractivity contribution is 1.07. The summed E-state index contributed by atoms with van der Waals surface area (Å²) in [6.07, 6.45) is 3.69. The second-order valence-electron chi connectivity index (χ2n) is 14.7. The van der Waals surface area contributed by atoms with Gasteiger partial charge >= 0.3 is 0 Å². The summed E-state index contributed by atoms with van der Waals surface area (Å²) in [6.45, 7) is 8.21. The maximum atomic E-state index is 5.20. The third-order valence-corrected chi connectivity index (χ3v) is 11.1. The first-order valence-corrected chi connectivity index (χ1v) is 20.0. The zero-order chi connectivity index (χ0) is 40.4. The fourth-order valence-corrected chi connectivity index (χ4v) is 8.14. The molecule has 0 spiro atoms. The Hall–Kier alpha value is -8.08. The monoisotopic (exact) mass is 766 g/mol. The van der Waals surface area contributed by atoms with E-state index in [1.54, 1.807) is 0 Å². The predicted octanol–water partition coefficient (Wildman–Crippen LogP) is 14.5. The van der Waals surface area contributed by atoms with Crippen LogP contribution >= 0.6 is 0 Å². The van der Waals surface area contributed by atoms with Crippen LogP contribution in [0.4, 0.5) is 0 Å². The number of aromatic nitrogens is 4. The molecule has 282 valence electrons. The van der Waals surface area contributed by atoms with Crippen LogP contribution in [-0.4, -0.2) is 19.9 Å². The first kappa shape index (κ1) is 36.3. The summed E-state index contributed by atoms with van der Waals surface area (Å²) in [5.41, 5.74) is 13.1. The number of nitrogens with zero attached hydrogens (tertiary/aromatic N) is 4. The highest BCUT2D eigenvalue weighted by molar-refractivity contribution is 6.10. The largest absolute Gasteiger partial charge is 0.247 e. The Kier molecular flexibility index (Phi) is 9.49. The van der Waals surface area contributed by atoms with E-state index in [2.05, 4.69) is 141 Å². The van der Waals surface area contributed by atoms with Crippen molar-refractivity contribution in [3.05, 3.63) is 219 Å². The van der Waals surface area contributed by atoms with Gasteiger partial charge in [-0.3, -0.25) is 0 Å². The van der Waals surface area contributed by atoms with Crippen molar-refractivity contribution in [2.45, 2.75) is 0 Å². The average Bonchev–Trinajstić information content (AvgIpc) is 3.33. The van der Waals surface area contributed by atoms with E-state index in [1.165, 1.54) is 5.56 Å². The van der Waals surface area contributed by atoms with Crippen LogP contribution in [0.3, 0.4) is 0 Å². The Bertz CT molecular complexity index is 3150. The molecule has 0 fully saturated rings. The Morgan fingerprint density at radius 2 is 0.717 bits per heavy atom. The van der Waals surface area contributed by atoms with Crippen LogP contribution < -0.4 is 0 Å². The third kappa shape index (κ3) is 6.76. The summed E-state index contributed by atoms with van der Waals surface area (Å²) in [7, 11) is 0. The van der Waals surface area contributed by atoms with Gasteiger partial charge in [0.05, 0.1) is 11.4 Å². The van der Waals surface area contributed by atoms with E-state index < -0.39 is 0 Å². The molecule has 4 nitrogen and oxygen atoms in total. The fraction of sp³-hybridized carbons (Fsp3) is 0. The van der Waals surface area contributed by atoms with Gasteiger partial charge in [-0.25, -0.2) is 19.9 Å². The van der Waals surface area contributed by atoms with E-state index in [9.17, 15) is 0 Å². The number of fused-ring (bicyclic) bond motifs is 2. The summed E-state index contributed by atoms with van der Waals surface area (Å²) in [5.74, 6) is 1.84. The van der Waals surface area contributed by atoms with Crippen molar-refractivity contribution in [2.24, 2.45) is 0 Å². The molecular formula is C56H38N4. The number of benzene rings is 8. The van der Waals surface area contributed by atoms with Crippen LogP contribution in [-0.2, 0) is 0 Å². The predicted molar refractivity (Wildman–Crippen MR) is 251 cm³/mol. The second-order valence-corrected chi connectivity index (χ2v) is 14.7. The molecule has 0 aliphatic carbocycles. The van der Waals surface area contributed by atoms with Gasteiger partial charge in [-0.1, -0.05) is 195 Å². The van der Waals surface area contributed by atoms with Gasteiger partial charge in [-0.2, -0.15) is 0 Å². The smallest absolute Gasteiger partial charge is 0.164 e. The van der Waals surface area contributed by atoms with Gasteiger partial charge in [-0.05, 0) is 73.8 Å². The van der Waals surface area contributed by atoms with Crippen molar-refractivity contribution >= 4 is 33.7 Å². The van der Waals surface area contributed by atoms with Crippen LogP contribution in [0.1, 0.15) is 11.3 Å². The highest BCUT2D eigenvalue weighted by Gasteiger charge is 2.19. The molecule has 8 aromatic carbocycles. The summed E-state index contributed by atoms with van der Waals surface area (Å²) >= 11 is 0. The van der Waals surface area contributed by atoms with Gasteiger partial charge in [0.25, 0.3) is 0 Å². The Morgan fingerprint density at radius 3 is 1.28 bits per heavy atom. The van der Waals surface area contributed by atoms with E-state index in [1.807, 2.05) is 78.9 Å². The number of hydrogen-bond acceptors (Lipinski definition) is 4. The maximum Gasteiger partial charge on any atom is 0.164 e.